The number of thiazole rings is 1. The van der Waals surface area contributed by atoms with Gasteiger partial charge >= 0.3 is 5.97 Å². The van der Waals surface area contributed by atoms with Gasteiger partial charge in [0.1, 0.15) is 18.0 Å². The number of carboxylic acids is 1. The number of nitrogens with one attached hydrogen (secondary N) is 1. The lowest BCUT2D eigenvalue weighted by Crippen LogP contribution is -2.42. The van der Waals surface area contributed by atoms with Crippen LogP contribution in [0.25, 0.3) is 0 Å². The van der Waals surface area contributed by atoms with Gasteiger partial charge in [-0.2, -0.15) is 0 Å². The normalized spacial score (nSPS) is 31.2. The molecule has 2 aliphatic carbocycles. The lowest BCUT2D eigenvalue weighted by Gasteiger charge is -2.43. The van der Waals surface area contributed by atoms with E-state index < -0.39 is 24.3 Å². The van der Waals surface area contributed by atoms with Crippen LogP contribution in [0, 0.1) is 33.5 Å². The van der Waals surface area contributed by atoms with Crippen molar-refractivity contribution < 1.29 is 24.2 Å². The first-order valence-electron chi connectivity index (χ1n) is 12.2. The van der Waals surface area contributed by atoms with Gasteiger partial charge in [0, 0.05) is 16.0 Å². The Balaban J connectivity index is 1.29. The van der Waals surface area contributed by atoms with Crippen LogP contribution in [0.1, 0.15) is 22.8 Å². The molecule has 3 fully saturated rings. The van der Waals surface area contributed by atoms with E-state index in [2.05, 4.69) is 17.1 Å². The highest BCUT2D eigenvalue weighted by Crippen LogP contribution is 2.68. The first-order valence-corrected chi connectivity index (χ1v) is 14.3. The topological polar surface area (TPSA) is 99.7 Å². The summed E-state index contributed by atoms with van der Waals surface area (Å²) in [6.45, 7) is -0.560. The molecule has 2 bridgehead atoms. The van der Waals surface area contributed by atoms with Gasteiger partial charge in [-0.05, 0) is 66.2 Å². The minimum absolute atomic E-state index is 0.00546. The molecule has 37 heavy (non-hydrogen) atoms. The monoisotopic (exact) mass is 550 g/mol. The molecule has 3 heterocycles. The number of amides is 2. The fourth-order valence-corrected chi connectivity index (χ4v) is 10.5. The maximum atomic E-state index is 13.3. The number of carboxylic acid groups (broad SMARTS) is 1. The van der Waals surface area contributed by atoms with Crippen LogP contribution in [0.2, 0.25) is 0 Å². The zero-order chi connectivity index (χ0) is 25.4. The molecule has 4 aliphatic rings. The van der Waals surface area contributed by atoms with Crippen LogP contribution in [0.3, 0.4) is 0 Å². The summed E-state index contributed by atoms with van der Waals surface area (Å²) >= 11 is 8.85. The number of hydrogen-bond acceptors (Lipinski definition) is 7. The van der Waals surface area contributed by atoms with Crippen LogP contribution in [-0.4, -0.2) is 44.6 Å². The van der Waals surface area contributed by atoms with Gasteiger partial charge in [0.15, 0.2) is 3.95 Å². The summed E-state index contributed by atoms with van der Waals surface area (Å²) in [6, 6.07) is 17.7. The molecule has 0 spiro atoms. The second kappa shape index (κ2) is 8.54. The van der Waals surface area contributed by atoms with Gasteiger partial charge < -0.3 is 14.8 Å². The number of benzene rings is 2. The van der Waals surface area contributed by atoms with Gasteiger partial charge in [0.2, 0.25) is 11.8 Å². The van der Waals surface area contributed by atoms with Gasteiger partial charge in [-0.15, -0.1) is 23.1 Å². The third-order valence-corrected chi connectivity index (χ3v) is 11.2. The van der Waals surface area contributed by atoms with Crippen molar-refractivity contribution in [1.29, 1.82) is 0 Å². The average Bonchev–Trinajstić information content (AvgIpc) is 3.60. The smallest absolute Gasteiger partial charge is 0.323 e. The number of carbonyl (C=O) groups is 3. The molecule has 7 atom stereocenters. The number of imide groups is 1. The number of likely N-dealkylation sites (tertiary alicyclic amines) is 1. The van der Waals surface area contributed by atoms with E-state index in [0.29, 0.717) is 3.95 Å². The molecule has 2 aromatic carbocycles. The second-order valence-corrected chi connectivity index (χ2v) is 13.0. The number of aliphatic carboxylic acids is 1. The summed E-state index contributed by atoms with van der Waals surface area (Å²) < 4.78 is 6.85. The maximum Gasteiger partial charge on any atom is 0.323 e. The highest BCUT2D eigenvalue weighted by atomic mass is 32.2. The zero-order valence-corrected chi connectivity index (χ0v) is 21.9. The minimum Gasteiger partial charge on any atom is -0.480 e. The van der Waals surface area contributed by atoms with Gasteiger partial charge in [-0.1, -0.05) is 30.3 Å². The molecule has 7 unspecified atom stereocenters. The van der Waals surface area contributed by atoms with Crippen LogP contribution in [0.4, 0.5) is 0 Å². The van der Waals surface area contributed by atoms with E-state index in [0.717, 1.165) is 38.3 Å². The summed E-state index contributed by atoms with van der Waals surface area (Å²) in [4.78, 5) is 43.4. The number of nitrogens with zero attached hydrogens (tertiary/aromatic N) is 1. The average molecular weight is 551 g/mol. The van der Waals surface area contributed by atoms with E-state index >= 15 is 0 Å². The van der Waals surface area contributed by atoms with Crippen molar-refractivity contribution in [2.45, 2.75) is 22.6 Å². The highest BCUT2D eigenvalue weighted by Gasteiger charge is 2.69. The number of fused-ring (bicyclic) bond motifs is 9. The van der Waals surface area contributed by atoms with E-state index in [1.54, 1.807) is 23.1 Å². The SMILES string of the molecule is O=C(O)CN1C(=O)C2C3CC(C2C1=O)C1C(c2cccc(Oc4ccccc4)c2)c2sc(=S)[nH]c2SC31. The fraction of sp³-hybridized carbons (Fsp3) is 0.333. The van der Waals surface area contributed by atoms with Crippen LogP contribution in [0.15, 0.2) is 59.6 Å². The Morgan fingerprint density at radius 3 is 2.54 bits per heavy atom. The number of hydrogen-bond donors (Lipinski definition) is 2. The van der Waals surface area contributed by atoms with Gasteiger partial charge in [0.25, 0.3) is 0 Å². The predicted molar refractivity (Wildman–Crippen MR) is 140 cm³/mol. The van der Waals surface area contributed by atoms with Crippen molar-refractivity contribution in [1.82, 2.24) is 9.88 Å². The molecule has 3 aromatic rings. The predicted octanol–water partition coefficient (Wildman–Crippen LogP) is 5.16. The van der Waals surface area contributed by atoms with Crippen molar-refractivity contribution in [2.75, 3.05) is 6.54 Å². The number of rotatable bonds is 5. The third-order valence-electron chi connectivity index (χ3n) is 8.30. The first-order chi connectivity index (χ1) is 17.9. The molecular weight excluding hydrogens is 529 g/mol. The van der Waals surface area contributed by atoms with Crippen LogP contribution >= 0.6 is 35.3 Å². The Hall–Kier alpha value is -2.95. The zero-order valence-electron chi connectivity index (χ0n) is 19.4. The molecule has 2 aliphatic heterocycles. The fourth-order valence-electron chi connectivity index (χ4n) is 7.14. The summed E-state index contributed by atoms with van der Waals surface area (Å²) in [6.07, 6.45) is 0.808. The standard InChI is InChI=1S/C27H22N2O5S3/c30-17(31)11-29-25(32)20-15-10-16(21(20)26(29)33)22-19(15)18(23-24(36-22)28-27(35)37-23)12-5-4-8-14(9-12)34-13-6-2-1-3-7-13/h1-9,15-16,18-22H,10-11H2,(H,28,35)(H,30,31). The Labute approximate surface area is 225 Å². The maximum absolute atomic E-state index is 13.3. The van der Waals surface area contributed by atoms with E-state index in [1.165, 1.54) is 0 Å². The van der Waals surface area contributed by atoms with Crippen molar-refractivity contribution in [3.8, 4) is 11.5 Å². The second-order valence-electron chi connectivity index (χ2n) is 10.1. The molecular formula is C27H22N2O5S3. The number of ether oxygens (including phenoxy) is 1. The van der Waals surface area contributed by atoms with E-state index in [9.17, 15) is 19.5 Å². The van der Waals surface area contributed by atoms with Gasteiger partial charge in [-0.3, -0.25) is 19.3 Å². The van der Waals surface area contributed by atoms with E-state index in [4.69, 9.17) is 17.0 Å². The summed E-state index contributed by atoms with van der Waals surface area (Å²) in [7, 11) is 0. The summed E-state index contributed by atoms with van der Waals surface area (Å²) in [5, 5.41) is 10.5. The molecule has 2 N–H and O–H groups in total. The molecule has 1 saturated heterocycles. The molecule has 2 amide bonds. The lowest BCUT2D eigenvalue weighted by molar-refractivity contribution is -0.149. The summed E-state index contributed by atoms with van der Waals surface area (Å²) in [5.41, 5.74) is 1.10. The lowest BCUT2D eigenvalue weighted by atomic mass is 9.68. The number of aromatic nitrogens is 1. The largest absolute Gasteiger partial charge is 0.480 e. The molecule has 10 heteroatoms. The van der Waals surface area contributed by atoms with Crippen molar-refractivity contribution in [3.05, 3.63) is 69.0 Å². The van der Waals surface area contributed by atoms with Crippen LogP contribution in [-0.2, 0) is 14.4 Å². The highest BCUT2D eigenvalue weighted by molar-refractivity contribution is 8.00. The number of thioether (sulfide) groups is 1. The van der Waals surface area contributed by atoms with Crippen LogP contribution < -0.4 is 4.74 Å². The number of H-pyrrole nitrogens is 1. The molecule has 188 valence electrons. The minimum atomic E-state index is -1.16. The Bertz CT molecular complexity index is 1500. The van der Waals surface area contributed by atoms with E-state index in [-0.39, 0.29) is 40.7 Å². The third kappa shape index (κ3) is 3.53. The number of para-hydroxylation sites is 1. The Morgan fingerprint density at radius 1 is 1.05 bits per heavy atom. The molecule has 7 nitrogen and oxygen atoms in total. The quantitative estimate of drug-likeness (QED) is 0.335. The number of aromatic amines is 1. The van der Waals surface area contributed by atoms with E-state index in [1.807, 2.05) is 42.5 Å². The molecule has 2 saturated carbocycles. The Kier molecular flexibility index (Phi) is 5.35. The van der Waals surface area contributed by atoms with Crippen molar-refractivity contribution >= 4 is 53.1 Å². The molecule has 7 rings (SSSR count). The van der Waals surface area contributed by atoms with Crippen LogP contribution in [0.5, 0.6) is 11.5 Å². The molecule has 1 aromatic heterocycles. The van der Waals surface area contributed by atoms with Gasteiger partial charge in [0.05, 0.1) is 16.9 Å². The van der Waals surface area contributed by atoms with Gasteiger partial charge in [-0.25, -0.2) is 0 Å². The first kappa shape index (κ1) is 23.2. The van der Waals surface area contributed by atoms with Crippen molar-refractivity contribution in [2.24, 2.45) is 29.6 Å². The summed E-state index contributed by atoms with van der Waals surface area (Å²) in [5.74, 6) is -1.000. The number of carbonyl (C=O) groups excluding carboxylic acids is 2. The van der Waals surface area contributed by atoms with Crippen molar-refractivity contribution in [3.63, 3.8) is 0 Å². The Morgan fingerprint density at radius 2 is 1.78 bits per heavy atom. The molecule has 0 radical (unpaired) electrons.